The fraction of sp³-hybridized carbons (Fsp3) is 0.565. The second-order valence-corrected chi connectivity index (χ2v) is 14.1. The third-order valence-corrected chi connectivity index (χ3v) is 9.75. The smallest absolute Gasteiger partial charge is 0.386 e. The van der Waals surface area contributed by atoms with Gasteiger partial charge >= 0.3 is 15.6 Å². The number of ether oxygens (including phenoxy) is 3. The van der Waals surface area contributed by atoms with E-state index in [1.807, 2.05) is 0 Å². The van der Waals surface area contributed by atoms with E-state index in [1.54, 1.807) is 13.8 Å². The first-order valence-electron chi connectivity index (χ1n) is 14.3. The highest BCUT2D eigenvalue weighted by atomic mass is 31.2. The van der Waals surface area contributed by atoms with Crippen molar-refractivity contribution in [3.63, 3.8) is 0 Å². The zero-order valence-corrected chi connectivity index (χ0v) is 26.7. The van der Waals surface area contributed by atoms with Crippen molar-refractivity contribution in [1.82, 2.24) is 39.0 Å². The molecule has 4 aromatic rings. The van der Waals surface area contributed by atoms with Gasteiger partial charge in [0.25, 0.3) is 5.56 Å². The number of aromatic nitrogens is 8. The van der Waals surface area contributed by atoms with Crippen LogP contribution in [0.2, 0.25) is 0 Å². The third-order valence-electron chi connectivity index (χ3n) is 7.74. The van der Waals surface area contributed by atoms with Crippen molar-refractivity contribution in [3.8, 4) is 0 Å². The Hall–Kier alpha value is -3.44. The van der Waals surface area contributed by atoms with Gasteiger partial charge in [0, 0.05) is 0 Å². The number of H-pyrrole nitrogens is 1. The van der Waals surface area contributed by atoms with Crippen molar-refractivity contribution >= 4 is 49.7 Å². The minimum Gasteiger partial charge on any atom is -0.386 e. The van der Waals surface area contributed by atoms with E-state index in [9.17, 15) is 28.8 Å². The molecule has 0 bridgehead atoms. The van der Waals surface area contributed by atoms with Gasteiger partial charge in [0.05, 0.1) is 32.0 Å². The van der Waals surface area contributed by atoms with Crippen molar-refractivity contribution in [2.75, 3.05) is 24.7 Å². The average molecular weight is 716 g/mol. The number of rotatable bonds is 10. The number of aromatic amines is 1. The Labute approximate surface area is 268 Å². The molecule has 8 N–H and O–H groups in total. The van der Waals surface area contributed by atoms with Crippen molar-refractivity contribution < 1.29 is 56.3 Å². The summed E-state index contributed by atoms with van der Waals surface area (Å²) in [7, 11) is -9.63. The molecule has 0 aliphatic carbocycles. The Kier molecular flexibility index (Phi) is 8.38. The fourth-order valence-corrected chi connectivity index (χ4v) is 7.79. The van der Waals surface area contributed by atoms with Crippen molar-refractivity contribution in [2.24, 2.45) is 0 Å². The molecule has 23 nitrogen and oxygen atoms in total. The zero-order valence-electron chi connectivity index (χ0n) is 24.9. The number of fused-ring (bicyclic) bond motifs is 3. The van der Waals surface area contributed by atoms with E-state index >= 15 is 0 Å². The number of aliphatic hydroxyl groups is 1. The van der Waals surface area contributed by atoms with Gasteiger partial charge in [-0.15, -0.1) is 0 Å². The molecule has 0 aromatic carbocycles. The van der Waals surface area contributed by atoms with Crippen LogP contribution in [0.1, 0.15) is 26.3 Å². The Morgan fingerprint density at radius 1 is 1.02 bits per heavy atom. The SMILES string of the molecule is CC(C)OC[C@H]1O[C@@H](n2cnc3c(N)ncnc32)C(O)C1OP(=O)(O)OC[C@H]1O[C@@H](n2cnc3c(=O)[nH]c(N)nc32)C2OP(=O)(O)OC21. The minimum absolute atomic E-state index is 0.0275. The fourth-order valence-electron chi connectivity index (χ4n) is 5.68. The maximum absolute atomic E-state index is 13.3. The van der Waals surface area contributed by atoms with Gasteiger partial charge in [0.15, 0.2) is 35.1 Å². The summed E-state index contributed by atoms with van der Waals surface area (Å²) in [4.78, 5) is 55.7. The topological polar surface area (TPSA) is 319 Å². The molecule has 0 saturated carbocycles. The van der Waals surface area contributed by atoms with Gasteiger partial charge < -0.3 is 40.6 Å². The van der Waals surface area contributed by atoms with Gasteiger partial charge in [-0.05, 0) is 13.8 Å². The molecule has 3 saturated heterocycles. The minimum atomic E-state index is -5.04. The van der Waals surface area contributed by atoms with Crippen LogP contribution in [0.3, 0.4) is 0 Å². The highest BCUT2D eigenvalue weighted by Crippen LogP contribution is 2.59. The molecule has 3 aliphatic rings. The van der Waals surface area contributed by atoms with Gasteiger partial charge in [0.1, 0.15) is 48.5 Å². The average Bonchev–Trinajstić information content (AvgIpc) is 3.81. The van der Waals surface area contributed by atoms with Crippen LogP contribution < -0.4 is 17.0 Å². The summed E-state index contributed by atoms with van der Waals surface area (Å²) < 4.78 is 67.0. The van der Waals surface area contributed by atoms with Crippen LogP contribution in [-0.4, -0.2) is 110 Å². The van der Waals surface area contributed by atoms with Gasteiger partial charge in [-0.25, -0.2) is 29.1 Å². The molecule has 260 valence electrons. The normalized spacial score (nSPS) is 33.2. The Bertz CT molecular complexity index is 2010. The van der Waals surface area contributed by atoms with Crippen LogP contribution in [-0.2, 0) is 41.4 Å². The first-order valence-corrected chi connectivity index (χ1v) is 17.3. The standard InChI is InChI=1S/C23H30N10O13P2/c1-8(2)40-3-9-14(13(34)21(42-9)32-6-28-11-17(24)26-5-27-18(11)32)44-47(36,37)41-4-10-15-16(46-48(38,39)45-15)22(43-10)33-7-29-12-19(33)30-23(25)31-20(12)35/h5-10,13-16,21-22,34H,3-4H2,1-2H3,(H,36,37)(H,38,39)(H2,24,26,27)(H3,25,30,31,35)/t9-,10-,13?,14?,15?,16?,21-,22-/m1/s1. The van der Waals surface area contributed by atoms with E-state index in [-0.39, 0.29) is 46.8 Å². The molecule has 0 amide bonds. The molecule has 3 aliphatic heterocycles. The second kappa shape index (κ2) is 12.2. The molecule has 7 rings (SSSR count). The molecule has 3 fully saturated rings. The molecule has 0 spiro atoms. The van der Waals surface area contributed by atoms with Crippen LogP contribution in [0.25, 0.3) is 22.3 Å². The number of hydrogen-bond acceptors (Lipinski definition) is 18. The molecule has 25 heteroatoms. The number of phosphoric acid groups is 2. The Balaban J connectivity index is 1.10. The first-order chi connectivity index (χ1) is 22.7. The summed E-state index contributed by atoms with van der Waals surface area (Å²) in [6.45, 7) is 2.66. The van der Waals surface area contributed by atoms with E-state index in [0.717, 1.165) is 0 Å². The third kappa shape index (κ3) is 6.01. The number of phosphoric ester groups is 2. The first kappa shape index (κ1) is 33.1. The predicted molar refractivity (Wildman–Crippen MR) is 157 cm³/mol. The number of nitrogen functional groups attached to an aromatic ring is 2. The monoisotopic (exact) mass is 716 g/mol. The van der Waals surface area contributed by atoms with Crippen molar-refractivity contribution in [2.45, 2.75) is 69.0 Å². The summed E-state index contributed by atoms with van der Waals surface area (Å²) in [5.74, 6) is -0.135. The summed E-state index contributed by atoms with van der Waals surface area (Å²) in [6, 6.07) is 0. The van der Waals surface area contributed by atoms with Gasteiger partial charge in [-0.1, -0.05) is 0 Å². The maximum Gasteiger partial charge on any atom is 0.473 e. The molecular weight excluding hydrogens is 686 g/mol. The maximum atomic E-state index is 13.3. The lowest BCUT2D eigenvalue weighted by atomic mass is 10.1. The number of nitrogens with two attached hydrogens (primary N) is 2. The summed E-state index contributed by atoms with van der Waals surface area (Å²) in [6.07, 6.45) is -6.96. The Morgan fingerprint density at radius 3 is 2.46 bits per heavy atom. The number of imidazole rings is 2. The summed E-state index contributed by atoms with van der Waals surface area (Å²) >= 11 is 0. The van der Waals surface area contributed by atoms with Crippen LogP contribution in [0.15, 0.2) is 23.8 Å². The van der Waals surface area contributed by atoms with E-state index < -0.39 is 76.9 Å². The number of aliphatic hydroxyl groups excluding tert-OH is 1. The largest absolute Gasteiger partial charge is 0.473 e. The van der Waals surface area contributed by atoms with Crippen LogP contribution in [0, 0.1) is 0 Å². The molecule has 48 heavy (non-hydrogen) atoms. The highest BCUT2D eigenvalue weighted by molar-refractivity contribution is 7.47. The molecule has 4 aromatic heterocycles. The van der Waals surface area contributed by atoms with Crippen LogP contribution in [0.5, 0.6) is 0 Å². The van der Waals surface area contributed by atoms with Crippen molar-refractivity contribution in [3.05, 3.63) is 29.3 Å². The predicted octanol–water partition coefficient (Wildman–Crippen LogP) is -0.909. The number of hydrogen-bond donors (Lipinski definition) is 6. The summed E-state index contributed by atoms with van der Waals surface area (Å²) in [5, 5.41) is 11.3. The molecular formula is C23H30N10O13P2. The van der Waals surface area contributed by atoms with Crippen molar-refractivity contribution in [1.29, 1.82) is 0 Å². The quantitative estimate of drug-likeness (QED) is 0.108. The van der Waals surface area contributed by atoms with E-state index in [1.165, 1.54) is 28.1 Å². The molecule has 10 atom stereocenters. The molecule has 6 unspecified atom stereocenters. The number of anilines is 2. The lowest BCUT2D eigenvalue weighted by molar-refractivity contribution is -0.0778. The molecule has 7 heterocycles. The zero-order chi connectivity index (χ0) is 34.1. The summed E-state index contributed by atoms with van der Waals surface area (Å²) in [5.41, 5.74) is 11.3. The van der Waals surface area contributed by atoms with Gasteiger partial charge in [-0.2, -0.15) is 4.98 Å². The number of nitrogens with zero attached hydrogens (tertiary/aromatic N) is 7. The van der Waals surface area contributed by atoms with E-state index in [4.69, 9.17) is 43.8 Å². The van der Waals surface area contributed by atoms with Gasteiger partial charge in [-0.3, -0.25) is 37.0 Å². The lowest BCUT2D eigenvalue weighted by Crippen LogP contribution is -2.37. The van der Waals surface area contributed by atoms with Crippen LogP contribution in [0.4, 0.5) is 11.8 Å². The van der Waals surface area contributed by atoms with E-state index in [0.29, 0.717) is 0 Å². The van der Waals surface area contributed by atoms with Gasteiger partial charge in [0.2, 0.25) is 5.95 Å². The lowest BCUT2D eigenvalue weighted by Gasteiger charge is -2.25. The number of nitrogens with one attached hydrogen (secondary N) is 1. The molecule has 0 radical (unpaired) electrons. The van der Waals surface area contributed by atoms with Crippen LogP contribution >= 0.6 is 15.6 Å². The van der Waals surface area contributed by atoms with E-state index in [2.05, 4.69) is 29.9 Å². The highest BCUT2D eigenvalue weighted by Gasteiger charge is 2.59. The Morgan fingerprint density at radius 2 is 1.71 bits per heavy atom. The second-order valence-electron chi connectivity index (χ2n) is 11.3.